The molecule has 0 saturated heterocycles. The molecule has 19 heavy (non-hydrogen) atoms. The second-order valence-electron chi connectivity index (χ2n) is 4.55. The lowest BCUT2D eigenvalue weighted by molar-refractivity contribution is -0.118. The van der Waals surface area contributed by atoms with Crippen LogP contribution < -0.4 is 16.4 Å². The third-order valence-corrected chi connectivity index (χ3v) is 2.73. The summed E-state index contributed by atoms with van der Waals surface area (Å²) in [6.45, 7) is 6.94. The summed E-state index contributed by atoms with van der Waals surface area (Å²) in [5.41, 5.74) is 6.22. The smallest absolute Gasteiger partial charge is 0.219 e. The van der Waals surface area contributed by atoms with Crippen molar-refractivity contribution in [3.05, 3.63) is 11.9 Å². The quantitative estimate of drug-likeness (QED) is 0.663. The molecule has 0 radical (unpaired) electrons. The number of anilines is 2. The molecule has 0 aliphatic heterocycles. The van der Waals surface area contributed by atoms with Crippen molar-refractivity contribution in [2.45, 2.75) is 46.1 Å². The van der Waals surface area contributed by atoms with Gasteiger partial charge in [0, 0.05) is 24.6 Å². The van der Waals surface area contributed by atoms with Crippen molar-refractivity contribution >= 4 is 17.5 Å². The molecule has 0 bridgehead atoms. The average Bonchev–Trinajstić information content (AvgIpc) is 2.35. The Morgan fingerprint density at radius 2 is 2.05 bits per heavy atom. The van der Waals surface area contributed by atoms with Gasteiger partial charge < -0.3 is 16.4 Å². The molecule has 0 aromatic carbocycles. The maximum atomic E-state index is 10.9. The number of carbonyl (C=O) groups excluding carboxylic acids is 1. The Labute approximate surface area is 114 Å². The summed E-state index contributed by atoms with van der Waals surface area (Å²) in [5.74, 6) is 1.30. The third kappa shape index (κ3) is 4.73. The largest absolute Gasteiger partial charge is 0.370 e. The maximum Gasteiger partial charge on any atom is 0.219 e. The van der Waals surface area contributed by atoms with Gasteiger partial charge in [0.2, 0.25) is 5.91 Å². The van der Waals surface area contributed by atoms with Gasteiger partial charge in [-0.15, -0.1) is 0 Å². The zero-order chi connectivity index (χ0) is 14.3. The Bertz CT molecular complexity index is 421. The van der Waals surface area contributed by atoms with Crippen molar-refractivity contribution < 1.29 is 4.79 Å². The van der Waals surface area contributed by atoms with Crippen LogP contribution in [0.5, 0.6) is 0 Å². The summed E-state index contributed by atoms with van der Waals surface area (Å²) in [7, 11) is 0. The summed E-state index contributed by atoms with van der Waals surface area (Å²) in [4.78, 5) is 19.4. The zero-order valence-electron chi connectivity index (χ0n) is 11.9. The van der Waals surface area contributed by atoms with Crippen LogP contribution in [0.1, 0.15) is 39.2 Å². The minimum atomic E-state index is -0.323. The van der Waals surface area contributed by atoms with Crippen molar-refractivity contribution in [3.63, 3.8) is 0 Å². The summed E-state index contributed by atoms with van der Waals surface area (Å²) in [6, 6.07) is -0.0447. The van der Waals surface area contributed by atoms with Crippen molar-refractivity contribution in [1.82, 2.24) is 9.97 Å². The highest BCUT2D eigenvalue weighted by molar-refractivity contribution is 5.75. The predicted octanol–water partition coefficient (Wildman–Crippen LogP) is 1.54. The lowest BCUT2D eigenvalue weighted by Gasteiger charge is -2.17. The molecule has 6 heteroatoms. The molecule has 0 aliphatic rings. The molecule has 1 aromatic heterocycles. The standard InChI is InChI=1S/C13H23N5O/c1-4-6-15-12-10(5-2)13(17-8-16-12)18-9(3)7-11(14)19/h8-9H,4-7H2,1-3H3,(H2,14,19)(H2,15,16,17,18). The highest BCUT2D eigenvalue weighted by Gasteiger charge is 2.12. The molecular formula is C13H23N5O. The fraction of sp³-hybridized carbons (Fsp3) is 0.615. The maximum absolute atomic E-state index is 10.9. The lowest BCUT2D eigenvalue weighted by Crippen LogP contribution is -2.25. The first-order chi connectivity index (χ1) is 9.08. The molecule has 1 heterocycles. The Hall–Kier alpha value is -1.85. The summed E-state index contributed by atoms with van der Waals surface area (Å²) < 4.78 is 0. The number of aromatic nitrogens is 2. The van der Waals surface area contributed by atoms with E-state index in [2.05, 4.69) is 34.4 Å². The number of amides is 1. The fourth-order valence-electron chi connectivity index (χ4n) is 1.85. The molecule has 1 amide bonds. The monoisotopic (exact) mass is 265 g/mol. The summed E-state index contributed by atoms with van der Waals surface area (Å²) >= 11 is 0. The van der Waals surface area contributed by atoms with Crippen LogP contribution in [-0.4, -0.2) is 28.5 Å². The molecule has 0 fully saturated rings. The fourth-order valence-corrected chi connectivity index (χ4v) is 1.85. The number of nitrogens with zero attached hydrogens (tertiary/aromatic N) is 2. The van der Waals surface area contributed by atoms with E-state index in [1.165, 1.54) is 6.33 Å². The van der Waals surface area contributed by atoms with E-state index < -0.39 is 0 Å². The van der Waals surface area contributed by atoms with Gasteiger partial charge in [-0.1, -0.05) is 13.8 Å². The summed E-state index contributed by atoms with van der Waals surface area (Å²) in [5, 5.41) is 6.50. The second-order valence-corrected chi connectivity index (χ2v) is 4.55. The zero-order valence-corrected chi connectivity index (χ0v) is 11.9. The average molecular weight is 265 g/mol. The van der Waals surface area contributed by atoms with Crippen LogP contribution in [0.15, 0.2) is 6.33 Å². The number of hydrogen-bond donors (Lipinski definition) is 3. The SMILES string of the molecule is CCCNc1ncnc(NC(C)CC(N)=O)c1CC. The van der Waals surface area contributed by atoms with E-state index in [0.29, 0.717) is 0 Å². The highest BCUT2D eigenvalue weighted by Crippen LogP contribution is 2.21. The number of hydrogen-bond acceptors (Lipinski definition) is 5. The van der Waals surface area contributed by atoms with Crippen LogP contribution in [0.3, 0.4) is 0 Å². The molecule has 0 aliphatic carbocycles. The highest BCUT2D eigenvalue weighted by atomic mass is 16.1. The van der Waals surface area contributed by atoms with E-state index in [9.17, 15) is 4.79 Å². The molecule has 4 N–H and O–H groups in total. The molecule has 106 valence electrons. The second kappa shape index (κ2) is 7.56. The first-order valence-electron chi connectivity index (χ1n) is 6.71. The Kier molecular flexibility index (Phi) is 6.05. The molecule has 1 atom stereocenters. The first-order valence-corrected chi connectivity index (χ1v) is 6.71. The number of rotatable bonds is 8. The molecule has 1 rings (SSSR count). The normalized spacial score (nSPS) is 11.9. The van der Waals surface area contributed by atoms with E-state index in [-0.39, 0.29) is 18.4 Å². The number of nitrogens with one attached hydrogen (secondary N) is 2. The molecular weight excluding hydrogens is 242 g/mol. The van der Waals surface area contributed by atoms with Crippen LogP contribution in [-0.2, 0) is 11.2 Å². The third-order valence-electron chi connectivity index (χ3n) is 2.73. The number of carbonyl (C=O) groups is 1. The van der Waals surface area contributed by atoms with Gasteiger partial charge in [0.1, 0.15) is 18.0 Å². The van der Waals surface area contributed by atoms with Crippen molar-refractivity contribution in [2.75, 3.05) is 17.2 Å². The Balaban J connectivity index is 2.84. The van der Waals surface area contributed by atoms with Crippen molar-refractivity contribution in [1.29, 1.82) is 0 Å². The van der Waals surface area contributed by atoms with Crippen LogP contribution in [0.2, 0.25) is 0 Å². The van der Waals surface area contributed by atoms with Gasteiger partial charge in [0.25, 0.3) is 0 Å². The van der Waals surface area contributed by atoms with Crippen LogP contribution in [0, 0.1) is 0 Å². The van der Waals surface area contributed by atoms with E-state index in [0.717, 1.165) is 36.6 Å². The molecule has 1 aromatic rings. The number of primary amides is 1. The molecule has 6 nitrogen and oxygen atoms in total. The Morgan fingerprint density at radius 1 is 1.37 bits per heavy atom. The van der Waals surface area contributed by atoms with Crippen LogP contribution in [0.4, 0.5) is 11.6 Å². The van der Waals surface area contributed by atoms with Gasteiger partial charge in [-0.05, 0) is 19.8 Å². The topological polar surface area (TPSA) is 92.9 Å². The Morgan fingerprint density at radius 3 is 2.63 bits per heavy atom. The summed E-state index contributed by atoms with van der Waals surface area (Å²) in [6.07, 6.45) is 3.66. The molecule has 1 unspecified atom stereocenters. The predicted molar refractivity (Wildman–Crippen MR) is 77.1 cm³/mol. The van der Waals surface area contributed by atoms with Gasteiger partial charge in [0.05, 0.1) is 0 Å². The van der Waals surface area contributed by atoms with E-state index in [1.807, 2.05) is 6.92 Å². The van der Waals surface area contributed by atoms with Gasteiger partial charge in [-0.2, -0.15) is 0 Å². The number of nitrogens with two attached hydrogens (primary N) is 1. The van der Waals surface area contributed by atoms with E-state index in [1.54, 1.807) is 0 Å². The minimum absolute atomic E-state index is 0.0447. The molecule has 0 saturated carbocycles. The van der Waals surface area contributed by atoms with Crippen molar-refractivity contribution in [2.24, 2.45) is 5.73 Å². The lowest BCUT2D eigenvalue weighted by atomic mass is 10.1. The van der Waals surface area contributed by atoms with Gasteiger partial charge in [-0.25, -0.2) is 9.97 Å². The van der Waals surface area contributed by atoms with Crippen LogP contribution >= 0.6 is 0 Å². The van der Waals surface area contributed by atoms with Gasteiger partial charge in [0.15, 0.2) is 0 Å². The van der Waals surface area contributed by atoms with E-state index >= 15 is 0 Å². The van der Waals surface area contributed by atoms with Crippen molar-refractivity contribution in [3.8, 4) is 0 Å². The minimum Gasteiger partial charge on any atom is -0.370 e. The first kappa shape index (κ1) is 15.2. The van der Waals surface area contributed by atoms with Crippen LogP contribution in [0.25, 0.3) is 0 Å². The van der Waals surface area contributed by atoms with Gasteiger partial charge in [-0.3, -0.25) is 4.79 Å². The molecule has 0 spiro atoms. The van der Waals surface area contributed by atoms with Gasteiger partial charge >= 0.3 is 0 Å². The van der Waals surface area contributed by atoms with E-state index in [4.69, 9.17) is 5.73 Å².